The van der Waals surface area contributed by atoms with Gasteiger partial charge in [0.1, 0.15) is 17.8 Å². The van der Waals surface area contributed by atoms with Gasteiger partial charge in [0.25, 0.3) is 0 Å². The van der Waals surface area contributed by atoms with E-state index in [-0.39, 0.29) is 12.5 Å². The highest BCUT2D eigenvalue weighted by atomic mass is 79.9. The molecular formula is C22H20Br2F2N4O3. The number of carbonyl (C=O) groups is 1. The quantitative estimate of drug-likeness (QED) is 0.512. The highest BCUT2D eigenvalue weighted by Crippen LogP contribution is 2.25. The molecule has 174 valence electrons. The Morgan fingerprint density at radius 3 is 2.15 bits per heavy atom. The first-order chi connectivity index (χ1) is 15.7. The lowest BCUT2D eigenvalue weighted by Crippen LogP contribution is -2.54. The Kier molecular flexibility index (Phi) is 7.10. The number of oxime groups is 2. The maximum Gasteiger partial charge on any atom is 0.220 e. The molecule has 7 nitrogen and oxygen atoms in total. The molecule has 0 spiro atoms. The summed E-state index contributed by atoms with van der Waals surface area (Å²) < 4.78 is 28.5. The molecule has 3 unspecified atom stereocenters. The second-order valence-corrected chi connectivity index (χ2v) is 9.48. The van der Waals surface area contributed by atoms with Crippen LogP contribution in [0, 0.1) is 11.6 Å². The molecule has 3 atom stereocenters. The molecular weight excluding hydrogens is 566 g/mol. The van der Waals surface area contributed by atoms with Crippen LogP contribution in [0.5, 0.6) is 0 Å². The molecule has 4 rings (SSSR count). The first-order valence-corrected chi connectivity index (χ1v) is 11.7. The summed E-state index contributed by atoms with van der Waals surface area (Å²) in [6.07, 6.45) is -1.13. The average Bonchev–Trinajstić information content (AvgIpc) is 3.45. The third-order valence-electron chi connectivity index (χ3n) is 5.48. The molecule has 0 bridgehead atoms. The van der Waals surface area contributed by atoms with Crippen molar-refractivity contribution in [3.63, 3.8) is 0 Å². The lowest BCUT2D eigenvalue weighted by atomic mass is 10.0. The summed E-state index contributed by atoms with van der Waals surface area (Å²) in [4.78, 5) is 24.8. The number of halogens is 4. The van der Waals surface area contributed by atoms with Crippen molar-refractivity contribution in [2.45, 2.75) is 38.1 Å². The minimum absolute atomic E-state index is 0.171. The van der Waals surface area contributed by atoms with Crippen molar-refractivity contribution >= 4 is 49.2 Å². The van der Waals surface area contributed by atoms with E-state index in [0.29, 0.717) is 44.3 Å². The number of nitrogens with two attached hydrogens (primary N) is 1. The Morgan fingerprint density at radius 1 is 1.06 bits per heavy atom. The SMILES string of the molecule is CC(=O)N(CC1CC(c2ccc(Br)c(F)c2)=NO1)C(N)C1CC(c2ccc(Br)c(F)c2)=NO1. The van der Waals surface area contributed by atoms with Crippen molar-refractivity contribution in [2.24, 2.45) is 16.0 Å². The molecule has 0 aromatic heterocycles. The lowest BCUT2D eigenvalue weighted by molar-refractivity contribution is -0.136. The third-order valence-corrected chi connectivity index (χ3v) is 6.76. The second-order valence-electron chi connectivity index (χ2n) is 7.78. The maximum absolute atomic E-state index is 13.9. The van der Waals surface area contributed by atoms with Crippen molar-refractivity contribution in [3.8, 4) is 0 Å². The predicted molar refractivity (Wildman–Crippen MR) is 126 cm³/mol. The Hall–Kier alpha value is -2.37. The normalized spacial score (nSPS) is 20.5. The van der Waals surface area contributed by atoms with Gasteiger partial charge in [-0.2, -0.15) is 0 Å². The van der Waals surface area contributed by atoms with E-state index in [2.05, 4.69) is 42.2 Å². The van der Waals surface area contributed by atoms with E-state index < -0.39 is 30.0 Å². The fourth-order valence-corrected chi connectivity index (χ4v) is 4.17. The molecule has 0 fully saturated rings. The van der Waals surface area contributed by atoms with Gasteiger partial charge >= 0.3 is 0 Å². The van der Waals surface area contributed by atoms with E-state index >= 15 is 0 Å². The predicted octanol–water partition coefficient (Wildman–Crippen LogP) is 4.31. The number of rotatable bonds is 6. The van der Waals surface area contributed by atoms with Gasteiger partial charge in [-0.15, -0.1) is 0 Å². The van der Waals surface area contributed by atoms with Crippen LogP contribution >= 0.6 is 31.9 Å². The molecule has 2 aliphatic rings. The van der Waals surface area contributed by atoms with Gasteiger partial charge in [0.05, 0.1) is 26.9 Å². The Balaban J connectivity index is 1.38. The number of carbonyl (C=O) groups excluding carboxylic acids is 1. The van der Waals surface area contributed by atoms with Crippen molar-refractivity contribution in [1.29, 1.82) is 0 Å². The van der Waals surface area contributed by atoms with Crippen molar-refractivity contribution in [2.75, 3.05) is 6.54 Å². The molecule has 2 aliphatic heterocycles. The number of hydrogen-bond donors (Lipinski definition) is 1. The number of hydrogen-bond acceptors (Lipinski definition) is 6. The minimum Gasteiger partial charge on any atom is -0.390 e. The molecule has 0 radical (unpaired) electrons. The van der Waals surface area contributed by atoms with Crippen molar-refractivity contribution in [3.05, 3.63) is 68.1 Å². The third kappa shape index (κ3) is 5.25. The molecule has 2 heterocycles. The summed E-state index contributed by atoms with van der Waals surface area (Å²) in [5.41, 5.74) is 8.68. The Morgan fingerprint density at radius 2 is 1.61 bits per heavy atom. The van der Waals surface area contributed by atoms with Gasteiger partial charge in [0.2, 0.25) is 5.91 Å². The van der Waals surface area contributed by atoms with Crippen LogP contribution in [0.2, 0.25) is 0 Å². The van der Waals surface area contributed by atoms with Gasteiger partial charge in [-0.25, -0.2) is 8.78 Å². The average molecular weight is 586 g/mol. The summed E-state index contributed by atoms with van der Waals surface area (Å²) in [5, 5.41) is 8.10. The van der Waals surface area contributed by atoms with Gasteiger partial charge in [0.15, 0.2) is 12.2 Å². The fraction of sp³-hybridized carbons (Fsp3) is 0.318. The van der Waals surface area contributed by atoms with Gasteiger partial charge < -0.3 is 20.3 Å². The highest BCUT2D eigenvalue weighted by Gasteiger charge is 2.36. The molecule has 2 aromatic rings. The van der Waals surface area contributed by atoms with E-state index in [4.69, 9.17) is 15.4 Å². The van der Waals surface area contributed by atoms with E-state index in [0.717, 1.165) is 0 Å². The van der Waals surface area contributed by atoms with Crippen LogP contribution in [0.25, 0.3) is 0 Å². The first-order valence-electron chi connectivity index (χ1n) is 10.1. The molecule has 0 saturated carbocycles. The van der Waals surface area contributed by atoms with Gasteiger partial charge in [0, 0.05) is 30.9 Å². The van der Waals surface area contributed by atoms with Crippen LogP contribution in [0.1, 0.15) is 30.9 Å². The van der Waals surface area contributed by atoms with Gasteiger partial charge in [-0.1, -0.05) is 22.4 Å². The first kappa shape index (κ1) is 23.8. The number of amides is 1. The summed E-state index contributed by atoms with van der Waals surface area (Å²) in [7, 11) is 0. The number of benzene rings is 2. The van der Waals surface area contributed by atoms with Crippen LogP contribution in [-0.4, -0.2) is 47.1 Å². The zero-order valence-electron chi connectivity index (χ0n) is 17.5. The van der Waals surface area contributed by atoms with Crippen LogP contribution in [0.3, 0.4) is 0 Å². The summed E-state index contributed by atoms with van der Waals surface area (Å²) in [5.74, 6) is -1.07. The molecule has 0 aliphatic carbocycles. The number of nitrogens with zero attached hydrogens (tertiary/aromatic N) is 3. The van der Waals surface area contributed by atoms with Crippen LogP contribution in [-0.2, 0) is 14.5 Å². The zero-order chi connectivity index (χ0) is 23.7. The van der Waals surface area contributed by atoms with Crippen LogP contribution < -0.4 is 5.73 Å². The Bertz CT molecular complexity index is 1140. The summed E-state index contributed by atoms with van der Waals surface area (Å²) >= 11 is 6.25. The molecule has 2 aromatic carbocycles. The zero-order valence-corrected chi connectivity index (χ0v) is 20.6. The summed E-state index contributed by atoms with van der Waals surface area (Å²) in [6, 6.07) is 9.39. The molecule has 0 saturated heterocycles. The molecule has 2 N–H and O–H groups in total. The van der Waals surface area contributed by atoms with Crippen molar-refractivity contribution in [1.82, 2.24) is 4.90 Å². The molecule has 1 amide bonds. The largest absolute Gasteiger partial charge is 0.390 e. The van der Waals surface area contributed by atoms with Crippen LogP contribution in [0.15, 0.2) is 55.7 Å². The molecule has 11 heteroatoms. The van der Waals surface area contributed by atoms with Crippen molar-refractivity contribution < 1.29 is 23.3 Å². The standard InChI is InChI=1S/C22H20Br2F2N4O3/c1-11(31)30(10-14-8-19(28-32-14)12-2-4-15(23)17(25)6-12)22(27)21-9-20(29-33-21)13-3-5-16(24)18(26)7-13/h2-7,14,21-22H,8-10,27H2,1H3. The monoisotopic (exact) mass is 584 g/mol. The van der Waals surface area contributed by atoms with E-state index in [1.54, 1.807) is 24.3 Å². The fourth-order valence-electron chi connectivity index (χ4n) is 3.68. The maximum atomic E-state index is 13.9. The summed E-state index contributed by atoms with van der Waals surface area (Å²) in [6.45, 7) is 1.58. The Labute approximate surface area is 205 Å². The lowest BCUT2D eigenvalue weighted by Gasteiger charge is -2.31. The van der Waals surface area contributed by atoms with E-state index in [1.165, 1.54) is 24.0 Å². The van der Waals surface area contributed by atoms with Gasteiger partial charge in [-0.3, -0.25) is 4.79 Å². The second kappa shape index (κ2) is 9.86. The smallest absolute Gasteiger partial charge is 0.220 e. The van der Waals surface area contributed by atoms with E-state index in [9.17, 15) is 13.6 Å². The van der Waals surface area contributed by atoms with Gasteiger partial charge in [-0.05, 0) is 56.1 Å². The minimum atomic E-state index is -0.804. The highest BCUT2D eigenvalue weighted by molar-refractivity contribution is 9.10. The topological polar surface area (TPSA) is 89.5 Å². The van der Waals surface area contributed by atoms with Crippen LogP contribution in [0.4, 0.5) is 8.78 Å². The van der Waals surface area contributed by atoms with E-state index in [1.807, 2.05) is 0 Å². The molecule has 33 heavy (non-hydrogen) atoms.